The molecule has 1 aromatic heterocycles. The molecule has 0 aliphatic rings. The first-order chi connectivity index (χ1) is 9.13. The van der Waals surface area contributed by atoms with Crippen molar-refractivity contribution < 1.29 is 9.50 Å². The fraction of sp³-hybridized carbons (Fsp3) is 0.385. The van der Waals surface area contributed by atoms with Crippen molar-refractivity contribution in [1.29, 1.82) is 0 Å². The molecule has 1 heterocycles. The average Bonchev–Trinajstić information content (AvgIpc) is 2.80. The van der Waals surface area contributed by atoms with Crippen LogP contribution in [-0.4, -0.2) is 19.9 Å². The van der Waals surface area contributed by atoms with Crippen LogP contribution in [0.2, 0.25) is 5.02 Å². The molecular formula is C13H15ClFN3O. The minimum atomic E-state index is -0.900. The Morgan fingerprint density at radius 3 is 3.00 bits per heavy atom. The van der Waals surface area contributed by atoms with Gasteiger partial charge in [-0.15, -0.1) is 0 Å². The standard InChI is InChI=1S/C13H15ClFN3O/c1-2-6-18-12(16-8-17-18)7-11(19)9-4-3-5-10(15)13(9)14/h3-5,8,11,19H,2,6-7H2,1H3. The highest BCUT2D eigenvalue weighted by Crippen LogP contribution is 2.27. The Bertz CT molecular complexity index is 559. The van der Waals surface area contributed by atoms with Crippen molar-refractivity contribution in [2.45, 2.75) is 32.4 Å². The Labute approximate surface area is 115 Å². The van der Waals surface area contributed by atoms with Gasteiger partial charge in [-0.3, -0.25) is 4.68 Å². The fourth-order valence-corrected chi connectivity index (χ4v) is 2.16. The molecule has 2 rings (SSSR count). The van der Waals surface area contributed by atoms with Gasteiger partial charge in [-0.05, 0) is 12.5 Å². The third-order valence-corrected chi connectivity index (χ3v) is 3.25. The predicted molar refractivity (Wildman–Crippen MR) is 70.4 cm³/mol. The van der Waals surface area contributed by atoms with Crippen LogP contribution in [0.15, 0.2) is 24.5 Å². The second-order valence-electron chi connectivity index (χ2n) is 4.26. The number of hydrogen-bond donors (Lipinski definition) is 1. The molecule has 0 saturated heterocycles. The molecular weight excluding hydrogens is 269 g/mol. The van der Waals surface area contributed by atoms with Crippen LogP contribution >= 0.6 is 11.6 Å². The Morgan fingerprint density at radius 2 is 2.26 bits per heavy atom. The van der Waals surface area contributed by atoms with Gasteiger partial charge in [0, 0.05) is 18.5 Å². The summed E-state index contributed by atoms with van der Waals surface area (Å²) in [6.45, 7) is 2.77. The minimum absolute atomic E-state index is 0.0449. The summed E-state index contributed by atoms with van der Waals surface area (Å²) in [4.78, 5) is 4.11. The van der Waals surface area contributed by atoms with E-state index in [1.165, 1.54) is 18.5 Å². The maximum absolute atomic E-state index is 13.3. The van der Waals surface area contributed by atoms with E-state index in [2.05, 4.69) is 10.1 Å². The van der Waals surface area contributed by atoms with E-state index in [9.17, 15) is 9.50 Å². The number of aliphatic hydroxyl groups excluding tert-OH is 1. The Balaban J connectivity index is 2.18. The average molecular weight is 284 g/mol. The van der Waals surface area contributed by atoms with Crippen LogP contribution in [-0.2, 0) is 13.0 Å². The van der Waals surface area contributed by atoms with E-state index in [1.54, 1.807) is 10.7 Å². The van der Waals surface area contributed by atoms with Gasteiger partial charge in [0.2, 0.25) is 0 Å². The van der Waals surface area contributed by atoms with Gasteiger partial charge >= 0.3 is 0 Å². The molecule has 1 unspecified atom stereocenters. The molecule has 2 aromatic rings. The molecule has 1 N–H and O–H groups in total. The quantitative estimate of drug-likeness (QED) is 0.918. The third-order valence-electron chi connectivity index (χ3n) is 2.85. The molecule has 0 radical (unpaired) electrons. The van der Waals surface area contributed by atoms with Crippen LogP contribution in [0.3, 0.4) is 0 Å². The number of aromatic nitrogens is 3. The molecule has 4 nitrogen and oxygen atoms in total. The first-order valence-corrected chi connectivity index (χ1v) is 6.50. The lowest BCUT2D eigenvalue weighted by Gasteiger charge is -2.13. The lowest BCUT2D eigenvalue weighted by atomic mass is 10.1. The van der Waals surface area contributed by atoms with Gasteiger partial charge in [0.05, 0.1) is 11.1 Å². The summed E-state index contributed by atoms with van der Waals surface area (Å²) in [5.41, 5.74) is 0.368. The summed E-state index contributed by atoms with van der Waals surface area (Å²) in [7, 11) is 0. The number of hydrogen-bond acceptors (Lipinski definition) is 3. The van der Waals surface area contributed by atoms with E-state index in [4.69, 9.17) is 11.6 Å². The van der Waals surface area contributed by atoms with E-state index in [0.717, 1.165) is 13.0 Å². The van der Waals surface area contributed by atoms with Crippen LogP contribution in [0.1, 0.15) is 30.8 Å². The third kappa shape index (κ3) is 3.11. The lowest BCUT2D eigenvalue weighted by molar-refractivity contribution is 0.173. The monoisotopic (exact) mass is 283 g/mol. The molecule has 0 bridgehead atoms. The van der Waals surface area contributed by atoms with Crippen molar-refractivity contribution >= 4 is 11.6 Å². The number of rotatable bonds is 5. The molecule has 1 atom stereocenters. The molecule has 0 saturated carbocycles. The largest absolute Gasteiger partial charge is 0.388 e. The van der Waals surface area contributed by atoms with E-state index in [0.29, 0.717) is 11.4 Å². The number of halogens is 2. The van der Waals surface area contributed by atoms with Crippen molar-refractivity contribution in [2.75, 3.05) is 0 Å². The molecule has 6 heteroatoms. The molecule has 0 fully saturated rings. The maximum Gasteiger partial charge on any atom is 0.142 e. The van der Waals surface area contributed by atoms with Crippen LogP contribution in [0.5, 0.6) is 0 Å². The SMILES string of the molecule is CCCn1ncnc1CC(O)c1cccc(F)c1Cl. The van der Waals surface area contributed by atoms with Crippen LogP contribution in [0, 0.1) is 5.82 Å². The molecule has 0 spiro atoms. The highest BCUT2D eigenvalue weighted by molar-refractivity contribution is 6.31. The van der Waals surface area contributed by atoms with E-state index in [-0.39, 0.29) is 11.4 Å². The van der Waals surface area contributed by atoms with Crippen molar-refractivity contribution in [3.05, 3.63) is 46.8 Å². The van der Waals surface area contributed by atoms with Gasteiger partial charge in [0.1, 0.15) is 18.0 Å². The number of nitrogens with zero attached hydrogens (tertiary/aromatic N) is 3. The summed E-state index contributed by atoms with van der Waals surface area (Å²) in [6.07, 6.45) is 1.73. The topological polar surface area (TPSA) is 50.9 Å². The van der Waals surface area contributed by atoms with Gasteiger partial charge in [0.25, 0.3) is 0 Å². The molecule has 0 aliphatic heterocycles. The van der Waals surface area contributed by atoms with Gasteiger partial charge in [-0.2, -0.15) is 5.10 Å². The highest BCUT2D eigenvalue weighted by Gasteiger charge is 2.17. The summed E-state index contributed by atoms with van der Waals surface area (Å²) in [5, 5.41) is 14.2. The van der Waals surface area contributed by atoms with Crippen LogP contribution < -0.4 is 0 Å². The number of aliphatic hydroxyl groups is 1. The fourth-order valence-electron chi connectivity index (χ4n) is 1.91. The molecule has 102 valence electrons. The van der Waals surface area contributed by atoms with Gasteiger partial charge < -0.3 is 5.11 Å². The molecule has 0 aliphatic carbocycles. The zero-order chi connectivity index (χ0) is 13.8. The molecule has 1 aromatic carbocycles. The van der Waals surface area contributed by atoms with Gasteiger partial charge in [-0.1, -0.05) is 30.7 Å². The zero-order valence-corrected chi connectivity index (χ0v) is 11.3. The molecule has 0 amide bonds. The number of benzene rings is 1. The second kappa shape index (κ2) is 6.12. The highest BCUT2D eigenvalue weighted by atomic mass is 35.5. The number of aryl methyl sites for hydroxylation is 1. The van der Waals surface area contributed by atoms with Crippen LogP contribution in [0.25, 0.3) is 0 Å². The van der Waals surface area contributed by atoms with E-state index >= 15 is 0 Å². The maximum atomic E-state index is 13.3. The van der Waals surface area contributed by atoms with E-state index < -0.39 is 11.9 Å². The Kier molecular flexibility index (Phi) is 4.50. The Morgan fingerprint density at radius 1 is 1.47 bits per heavy atom. The summed E-state index contributed by atoms with van der Waals surface area (Å²) in [5.74, 6) is 0.128. The van der Waals surface area contributed by atoms with Gasteiger partial charge in [-0.25, -0.2) is 9.37 Å². The smallest absolute Gasteiger partial charge is 0.142 e. The van der Waals surface area contributed by atoms with Crippen molar-refractivity contribution in [2.24, 2.45) is 0 Å². The summed E-state index contributed by atoms with van der Waals surface area (Å²) in [6, 6.07) is 4.39. The van der Waals surface area contributed by atoms with Gasteiger partial charge in [0.15, 0.2) is 0 Å². The first-order valence-electron chi connectivity index (χ1n) is 6.12. The Hall–Kier alpha value is -1.46. The van der Waals surface area contributed by atoms with Crippen molar-refractivity contribution in [3.8, 4) is 0 Å². The summed E-state index contributed by atoms with van der Waals surface area (Å²) >= 11 is 5.85. The second-order valence-corrected chi connectivity index (χ2v) is 4.64. The van der Waals surface area contributed by atoms with Crippen LogP contribution in [0.4, 0.5) is 4.39 Å². The minimum Gasteiger partial charge on any atom is -0.388 e. The van der Waals surface area contributed by atoms with E-state index in [1.807, 2.05) is 6.92 Å². The zero-order valence-electron chi connectivity index (χ0n) is 10.6. The first kappa shape index (κ1) is 14.0. The normalized spacial score (nSPS) is 12.6. The lowest BCUT2D eigenvalue weighted by Crippen LogP contribution is -2.11. The predicted octanol–water partition coefficient (Wildman–Crippen LogP) is 2.76. The molecule has 19 heavy (non-hydrogen) atoms. The summed E-state index contributed by atoms with van der Waals surface area (Å²) < 4.78 is 15.1. The van der Waals surface area contributed by atoms with Crippen molar-refractivity contribution in [1.82, 2.24) is 14.8 Å². The van der Waals surface area contributed by atoms with Crippen molar-refractivity contribution in [3.63, 3.8) is 0 Å².